The zero-order valence-electron chi connectivity index (χ0n) is 9.47. The van der Waals surface area contributed by atoms with Crippen LogP contribution in [0, 0.1) is 5.92 Å². The molecule has 0 amide bonds. The summed E-state index contributed by atoms with van der Waals surface area (Å²) in [6, 6.07) is 0. The summed E-state index contributed by atoms with van der Waals surface area (Å²) in [5, 5.41) is 3.44. The molecule has 0 radical (unpaired) electrons. The highest BCUT2D eigenvalue weighted by Gasteiger charge is 2.20. The van der Waals surface area contributed by atoms with Crippen molar-refractivity contribution in [3.8, 4) is 0 Å². The number of nitrogens with zero attached hydrogens (tertiary/aromatic N) is 1. The number of nitrogens with two attached hydrogens (primary N) is 1. The molecule has 0 aromatic heterocycles. The molecule has 0 spiro atoms. The lowest BCUT2D eigenvalue weighted by Crippen LogP contribution is -2.31. The first-order valence-corrected chi connectivity index (χ1v) is 6.00. The van der Waals surface area contributed by atoms with E-state index in [0.29, 0.717) is 0 Å². The lowest BCUT2D eigenvalue weighted by atomic mass is 10.1. The molecule has 0 bridgehead atoms. The van der Waals surface area contributed by atoms with Crippen LogP contribution in [-0.4, -0.2) is 44.2 Å². The number of hydrogen-bond donors (Lipinski definition) is 2. The van der Waals surface area contributed by atoms with Gasteiger partial charge in [-0.05, 0) is 44.8 Å². The Balaban J connectivity index is 1.98. The van der Waals surface area contributed by atoms with Crippen molar-refractivity contribution in [1.29, 1.82) is 0 Å². The van der Waals surface area contributed by atoms with E-state index in [9.17, 15) is 0 Å². The van der Waals surface area contributed by atoms with E-state index in [4.69, 9.17) is 5.73 Å². The summed E-state index contributed by atoms with van der Waals surface area (Å²) in [4.78, 5) is 2.56. The third kappa shape index (κ3) is 4.40. The Hall–Kier alpha value is -0.120. The number of rotatable bonds is 7. The summed E-state index contributed by atoms with van der Waals surface area (Å²) in [5.41, 5.74) is 5.56. The van der Waals surface area contributed by atoms with Crippen molar-refractivity contribution in [2.24, 2.45) is 11.7 Å². The molecule has 1 aliphatic rings. The minimum atomic E-state index is 0.854. The van der Waals surface area contributed by atoms with Crippen molar-refractivity contribution < 1.29 is 0 Å². The Labute approximate surface area is 88.0 Å². The van der Waals surface area contributed by atoms with Gasteiger partial charge in [0, 0.05) is 19.6 Å². The van der Waals surface area contributed by atoms with Gasteiger partial charge in [0.1, 0.15) is 0 Å². The summed E-state index contributed by atoms with van der Waals surface area (Å²) < 4.78 is 0. The molecule has 3 heteroatoms. The van der Waals surface area contributed by atoms with E-state index in [-0.39, 0.29) is 0 Å². The molecule has 0 aliphatic carbocycles. The van der Waals surface area contributed by atoms with E-state index in [1.807, 2.05) is 0 Å². The normalized spacial score (nSPS) is 23.1. The predicted molar refractivity (Wildman–Crippen MR) is 61.4 cm³/mol. The molecule has 1 rings (SSSR count). The third-order valence-corrected chi connectivity index (χ3v) is 2.98. The van der Waals surface area contributed by atoms with Crippen molar-refractivity contribution in [2.75, 3.05) is 39.3 Å². The summed E-state index contributed by atoms with van der Waals surface area (Å²) in [7, 11) is 0. The molecule has 1 saturated heterocycles. The van der Waals surface area contributed by atoms with Gasteiger partial charge in [-0.2, -0.15) is 0 Å². The first-order valence-electron chi connectivity index (χ1n) is 6.00. The average molecular weight is 199 g/mol. The first kappa shape index (κ1) is 12.0. The van der Waals surface area contributed by atoms with Gasteiger partial charge in [0.25, 0.3) is 0 Å². The van der Waals surface area contributed by atoms with Crippen molar-refractivity contribution in [3.63, 3.8) is 0 Å². The second-order valence-corrected chi connectivity index (χ2v) is 4.28. The van der Waals surface area contributed by atoms with Crippen molar-refractivity contribution in [1.82, 2.24) is 10.2 Å². The van der Waals surface area contributed by atoms with E-state index in [1.54, 1.807) is 0 Å². The molecule has 14 heavy (non-hydrogen) atoms. The van der Waals surface area contributed by atoms with Crippen LogP contribution in [0.15, 0.2) is 0 Å². The highest BCUT2D eigenvalue weighted by molar-refractivity contribution is 4.75. The molecule has 1 heterocycles. The quantitative estimate of drug-likeness (QED) is 0.592. The molecule has 3 N–H and O–H groups in total. The van der Waals surface area contributed by atoms with Gasteiger partial charge in [0.15, 0.2) is 0 Å². The fraction of sp³-hybridized carbons (Fsp3) is 1.00. The lowest BCUT2D eigenvalue weighted by Gasteiger charge is -2.15. The van der Waals surface area contributed by atoms with Gasteiger partial charge in [-0.25, -0.2) is 0 Å². The first-order chi connectivity index (χ1) is 6.86. The van der Waals surface area contributed by atoms with Crippen LogP contribution in [0.3, 0.4) is 0 Å². The number of nitrogens with one attached hydrogen (secondary N) is 1. The second-order valence-electron chi connectivity index (χ2n) is 4.28. The summed E-state index contributed by atoms with van der Waals surface area (Å²) in [5.74, 6) is 0.867. The predicted octanol–water partition coefficient (Wildman–Crippen LogP) is 0.657. The van der Waals surface area contributed by atoms with E-state index in [0.717, 1.165) is 25.6 Å². The molecule has 1 fully saturated rings. The highest BCUT2D eigenvalue weighted by atomic mass is 15.2. The fourth-order valence-electron chi connectivity index (χ4n) is 2.13. The van der Waals surface area contributed by atoms with Crippen LogP contribution in [0.1, 0.15) is 26.2 Å². The van der Waals surface area contributed by atoms with Gasteiger partial charge in [-0.1, -0.05) is 6.92 Å². The Morgan fingerprint density at radius 3 is 3.00 bits per heavy atom. The maximum atomic E-state index is 5.56. The second kappa shape index (κ2) is 7.21. The Kier molecular flexibility index (Phi) is 6.15. The van der Waals surface area contributed by atoms with Crippen LogP contribution in [0.2, 0.25) is 0 Å². The van der Waals surface area contributed by atoms with Crippen LogP contribution in [-0.2, 0) is 0 Å². The van der Waals surface area contributed by atoms with Gasteiger partial charge in [0.05, 0.1) is 0 Å². The smallest absolute Gasteiger partial charge is 0.0107 e. The van der Waals surface area contributed by atoms with Gasteiger partial charge in [-0.3, -0.25) is 0 Å². The monoisotopic (exact) mass is 199 g/mol. The molecule has 0 saturated carbocycles. The van der Waals surface area contributed by atoms with Crippen molar-refractivity contribution >= 4 is 0 Å². The van der Waals surface area contributed by atoms with Crippen LogP contribution in [0.5, 0.6) is 0 Å². The molecule has 3 nitrogen and oxygen atoms in total. The van der Waals surface area contributed by atoms with Crippen LogP contribution < -0.4 is 11.1 Å². The van der Waals surface area contributed by atoms with Gasteiger partial charge in [0.2, 0.25) is 0 Å². The van der Waals surface area contributed by atoms with Crippen LogP contribution >= 0.6 is 0 Å². The lowest BCUT2D eigenvalue weighted by molar-refractivity contribution is 0.319. The SMILES string of the molecule is CCCNCCN1CCC(CCN)C1. The summed E-state index contributed by atoms with van der Waals surface area (Å²) >= 11 is 0. The molecule has 1 aliphatic heterocycles. The molecule has 0 aromatic carbocycles. The molecule has 84 valence electrons. The van der Waals surface area contributed by atoms with Crippen LogP contribution in [0.4, 0.5) is 0 Å². The largest absolute Gasteiger partial charge is 0.330 e. The van der Waals surface area contributed by atoms with E-state index < -0.39 is 0 Å². The Bertz CT molecular complexity index is 138. The molecular formula is C11H25N3. The van der Waals surface area contributed by atoms with Gasteiger partial charge in [-0.15, -0.1) is 0 Å². The Morgan fingerprint density at radius 2 is 2.29 bits per heavy atom. The van der Waals surface area contributed by atoms with E-state index >= 15 is 0 Å². The maximum absolute atomic E-state index is 5.56. The van der Waals surface area contributed by atoms with E-state index in [1.165, 1.54) is 38.9 Å². The third-order valence-electron chi connectivity index (χ3n) is 2.98. The van der Waals surface area contributed by atoms with Crippen LogP contribution in [0.25, 0.3) is 0 Å². The fourth-order valence-corrected chi connectivity index (χ4v) is 2.13. The topological polar surface area (TPSA) is 41.3 Å². The Morgan fingerprint density at radius 1 is 1.43 bits per heavy atom. The van der Waals surface area contributed by atoms with Crippen molar-refractivity contribution in [3.05, 3.63) is 0 Å². The molecule has 1 atom stereocenters. The van der Waals surface area contributed by atoms with Crippen molar-refractivity contribution in [2.45, 2.75) is 26.2 Å². The highest BCUT2D eigenvalue weighted by Crippen LogP contribution is 2.17. The van der Waals surface area contributed by atoms with Gasteiger partial charge < -0.3 is 16.0 Å². The number of likely N-dealkylation sites (tertiary alicyclic amines) is 1. The molecule has 0 aromatic rings. The average Bonchev–Trinajstić information content (AvgIpc) is 2.61. The standard InChI is InChI=1S/C11H25N3/c1-2-6-13-7-9-14-8-4-11(10-14)3-5-12/h11,13H,2-10,12H2,1H3. The van der Waals surface area contributed by atoms with E-state index in [2.05, 4.69) is 17.1 Å². The number of hydrogen-bond acceptors (Lipinski definition) is 3. The summed E-state index contributed by atoms with van der Waals surface area (Å²) in [6.45, 7) is 9.11. The summed E-state index contributed by atoms with van der Waals surface area (Å²) in [6.07, 6.45) is 3.79. The zero-order valence-corrected chi connectivity index (χ0v) is 9.47. The zero-order chi connectivity index (χ0) is 10.2. The molecule has 1 unspecified atom stereocenters. The van der Waals surface area contributed by atoms with Gasteiger partial charge >= 0.3 is 0 Å². The molecular weight excluding hydrogens is 174 g/mol. The minimum Gasteiger partial charge on any atom is -0.330 e. The minimum absolute atomic E-state index is 0.854. The maximum Gasteiger partial charge on any atom is 0.0107 e.